The molecule has 2 rings (SSSR count). The van der Waals surface area contributed by atoms with Crippen LogP contribution in [0, 0.1) is 0 Å². The van der Waals surface area contributed by atoms with Crippen molar-refractivity contribution in [1.29, 1.82) is 0 Å². The molecule has 2 heterocycles. The van der Waals surface area contributed by atoms with Gasteiger partial charge < -0.3 is 21.0 Å². The number of carbonyl (C=O) groups is 4. The number of carbonyl (C=O) groups excluding carboxylic acids is 3. The number of anilines is 1. The molecule has 0 radical (unpaired) electrons. The zero-order valence-corrected chi connectivity index (χ0v) is 19.3. The largest absolute Gasteiger partial charge is 0.478 e. The van der Waals surface area contributed by atoms with E-state index in [-0.39, 0.29) is 10.8 Å². The number of β-lactam (4-membered cyclic amide) rings is 1. The predicted octanol–water partition coefficient (Wildman–Crippen LogP) is -3.27. The molecule has 0 bridgehead atoms. The third-order valence-electron chi connectivity index (χ3n) is 3.94. The fraction of sp³-hybridized carbons (Fsp3) is 0.385. The van der Waals surface area contributed by atoms with E-state index in [4.69, 9.17) is 24.8 Å². The number of hydrogen-bond acceptors (Lipinski definition) is 13. The van der Waals surface area contributed by atoms with Crippen LogP contribution in [0.15, 0.2) is 10.5 Å². The van der Waals surface area contributed by atoms with Crippen molar-refractivity contribution in [3.8, 4) is 0 Å². The first kappa shape index (κ1) is 26.8. The van der Waals surface area contributed by atoms with Crippen LogP contribution in [-0.4, -0.2) is 87.4 Å². The second-order valence-corrected chi connectivity index (χ2v) is 10.2. The van der Waals surface area contributed by atoms with E-state index in [1.807, 2.05) is 5.32 Å². The van der Waals surface area contributed by atoms with E-state index in [2.05, 4.69) is 10.1 Å². The van der Waals surface area contributed by atoms with Crippen molar-refractivity contribution >= 4 is 66.5 Å². The van der Waals surface area contributed by atoms with Crippen LogP contribution in [0.2, 0.25) is 0 Å². The van der Waals surface area contributed by atoms with Gasteiger partial charge in [-0.2, -0.15) is 21.1 Å². The van der Waals surface area contributed by atoms with Crippen LogP contribution in [0.5, 0.6) is 0 Å². The average molecular weight is 545 g/mol. The number of hydrogen-bond donors (Lipinski definition) is 6. The maximum Gasteiger partial charge on any atom is 0.363 e. The molecular formula is C13H16N6O12S3. The van der Waals surface area contributed by atoms with E-state index in [1.54, 1.807) is 0 Å². The Morgan fingerprint density at radius 3 is 2.29 bits per heavy atom. The summed E-state index contributed by atoms with van der Waals surface area (Å²) in [5.41, 5.74) is 2.53. The second kappa shape index (κ2) is 9.09. The summed E-state index contributed by atoms with van der Waals surface area (Å²) in [7, 11) is -10.6. The van der Waals surface area contributed by atoms with Gasteiger partial charge in [0.1, 0.15) is 11.7 Å². The summed E-state index contributed by atoms with van der Waals surface area (Å²) in [4.78, 5) is 56.9. The number of nitrogens with zero attached hydrogens (tertiary/aromatic N) is 3. The van der Waals surface area contributed by atoms with Crippen molar-refractivity contribution in [2.75, 3.05) is 5.73 Å². The van der Waals surface area contributed by atoms with Crippen LogP contribution in [-0.2, 0) is 44.6 Å². The fourth-order valence-electron chi connectivity index (χ4n) is 2.32. The summed E-state index contributed by atoms with van der Waals surface area (Å²) in [6.07, 6.45) is 0. The zero-order chi connectivity index (χ0) is 26.2. The monoisotopic (exact) mass is 544 g/mol. The number of nitrogens with one attached hydrogen (secondary N) is 2. The van der Waals surface area contributed by atoms with Crippen LogP contribution in [0.4, 0.5) is 5.13 Å². The Labute approximate surface area is 194 Å². The molecule has 34 heavy (non-hydrogen) atoms. The number of thiazole rings is 1. The third-order valence-corrected chi connectivity index (χ3v) is 5.98. The minimum atomic E-state index is -5.39. The molecule has 0 aromatic carbocycles. The minimum absolute atomic E-state index is 0.0596. The summed E-state index contributed by atoms with van der Waals surface area (Å²) in [6, 6.07) is -4.42. The van der Waals surface area contributed by atoms with Gasteiger partial charge in [-0.15, -0.1) is 11.3 Å². The highest BCUT2D eigenvalue weighted by Gasteiger charge is 2.58. The highest BCUT2D eigenvalue weighted by molar-refractivity contribution is 7.84. The maximum atomic E-state index is 12.8. The number of carboxylic acids is 1. The summed E-state index contributed by atoms with van der Waals surface area (Å²) in [6.45, 7) is 2.16. The molecule has 1 aromatic rings. The van der Waals surface area contributed by atoms with E-state index in [1.165, 1.54) is 5.38 Å². The molecule has 0 aliphatic carbocycles. The number of carboxylic acid groups (broad SMARTS) is 1. The molecule has 3 amide bonds. The van der Waals surface area contributed by atoms with Crippen LogP contribution >= 0.6 is 11.3 Å². The summed E-state index contributed by atoms with van der Waals surface area (Å²) in [5, 5.41) is 15.5. The molecule has 18 nitrogen and oxygen atoms in total. The predicted molar refractivity (Wildman–Crippen MR) is 110 cm³/mol. The van der Waals surface area contributed by atoms with E-state index in [0.29, 0.717) is 0 Å². The van der Waals surface area contributed by atoms with Crippen LogP contribution in [0.3, 0.4) is 0 Å². The molecule has 1 aromatic heterocycles. The minimum Gasteiger partial charge on any atom is -0.478 e. The first-order valence-electron chi connectivity index (χ1n) is 8.46. The number of nitrogen functional groups attached to an aromatic ring is 1. The van der Waals surface area contributed by atoms with Gasteiger partial charge in [0.2, 0.25) is 5.60 Å². The van der Waals surface area contributed by atoms with Gasteiger partial charge in [-0.25, -0.2) is 14.5 Å². The Kier molecular flexibility index (Phi) is 7.18. The smallest absolute Gasteiger partial charge is 0.363 e. The Morgan fingerprint density at radius 1 is 1.26 bits per heavy atom. The molecular weight excluding hydrogens is 528 g/mol. The van der Waals surface area contributed by atoms with Crippen molar-refractivity contribution in [2.24, 2.45) is 5.16 Å². The lowest BCUT2D eigenvalue weighted by atomic mass is 9.98. The second-order valence-electron chi connectivity index (χ2n) is 6.87. The van der Waals surface area contributed by atoms with Crippen molar-refractivity contribution in [3.05, 3.63) is 11.1 Å². The lowest BCUT2D eigenvalue weighted by Crippen LogP contribution is -2.76. The SMILES string of the molecule is CC(C)(ON=C(C(=O)N[C@@H]1C(=O)N(S(=O)(=O)O)[C@@H]1C(=O)NS(=O)(=O)O)c1csc(N)n1)C(=O)O. The molecule has 1 aliphatic rings. The van der Waals surface area contributed by atoms with Gasteiger partial charge in [0.05, 0.1) is 0 Å². The summed E-state index contributed by atoms with van der Waals surface area (Å²) in [5.74, 6) is -6.20. The fourth-order valence-corrected chi connectivity index (χ4v) is 4.08. The molecule has 2 atom stereocenters. The quantitative estimate of drug-likeness (QED) is 0.0769. The molecule has 0 saturated carbocycles. The highest BCUT2D eigenvalue weighted by atomic mass is 32.2. The number of aliphatic carboxylic acids is 1. The molecule has 0 unspecified atom stereocenters. The molecule has 1 fully saturated rings. The number of rotatable bonds is 9. The Hall–Kier alpha value is -3.40. The van der Waals surface area contributed by atoms with Crippen molar-refractivity contribution in [3.63, 3.8) is 0 Å². The Morgan fingerprint density at radius 2 is 1.85 bits per heavy atom. The standard InChI is InChI=1S/C13H16N6O12S3/c1-13(2,11(23)24)31-17-5(4-3-32-12(14)15-4)8(20)16-6-7(9(21)18-33(25,26)27)19(10(6)22)34(28,29)30/h3,6-7H,1-2H3,(H2,14,15)(H,16,20)(H,18,21)(H,23,24)(H,25,26,27)(H,28,29,30)/t6-,7-/m0/s1. The molecule has 0 spiro atoms. The molecule has 21 heteroatoms. The van der Waals surface area contributed by atoms with Gasteiger partial charge in [-0.05, 0) is 13.8 Å². The van der Waals surface area contributed by atoms with Gasteiger partial charge in [0.25, 0.3) is 17.7 Å². The van der Waals surface area contributed by atoms with E-state index in [9.17, 15) is 36.0 Å². The van der Waals surface area contributed by atoms with Crippen molar-refractivity contribution in [1.82, 2.24) is 19.3 Å². The first-order chi connectivity index (χ1) is 15.3. The number of oxime groups is 1. The number of amides is 3. The Bertz CT molecular complexity index is 1280. The van der Waals surface area contributed by atoms with Crippen molar-refractivity contribution in [2.45, 2.75) is 31.5 Å². The van der Waals surface area contributed by atoms with E-state index in [0.717, 1.165) is 29.9 Å². The van der Waals surface area contributed by atoms with Crippen LogP contribution in [0.25, 0.3) is 0 Å². The van der Waals surface area contributed by atoms with Gasteiger partial charge in [-0.3, -0.25) is 23.5 Å². The van der Waals surface area contributed by atoms with E-state index >= 15 is 0 Å². The number of aromatic nitrogens is 1. The number of nitrogens with two attached hydrogens (primary N) is 1. The topological polar surface area (TPSA) is 285 Å². The molecule has 1 saturated heterocycles. The third kappa shape index (κ3) is 5.93. The molecule has 1 aliphatic heterocycles. The molecule has 188 valence electrons. The van der Waals surface area contributed by atoms with Gasteiger partial charge in [-0.1, -0.05) is 5.16 Å². The van der Waals surface area contributed by atoms with Gasteiger partial charge in [0, 0.05) is 5.38 Å². The first-order valence-corrected chi connectivity index (χ1v) is 12.2. The maximum absolute atomic E-state index is 12.8. The molecule has 7 N–H and O–H groups in total. The lowest BCUT2D eigenvalue weighted by Gasteiger charge is -2.42. The average Bonchev–Trinajstić information content (AvgIpc) is 3.07. The van der Waals surface area contributed by atoms with E-state index < -0.39 is 72.0 Å². The zero-order valence-electron chi connectivity index (χ0n) is 16.9. The lowest BCUT2D eigenvalue weighted by molar-refractivity contribution is -0.161. The normalized spacial score (nSPS) is 19.2. The summed E-state index contributed by atoms with van der Waals surface area (Å²) < 4.78 is 63.0. The van der Waals surface area contributed by atoms with Gasteiger partial charge >= 0.3 is 26.6 Å². The highest BCUT2D eigenvalue weighted by Crippen LogP contribution is 2.24. The van der Waals surface area contributed by atoms with Crippen molar-refractivity contribution < 1.29 is 55.1 Å². The van der Waals surface area contributed by atoms with Gasteiger partial charge in [0.15, 0.2) is 16.9 Å². The van der Waals surface area contributed by atoms with Crippen LogP contribution < -0.4 is 15.8 Å². The van der Waals surface area contributed by atoms with Crippen LogP contribution in [0.1, 0.15) is 19.5 Å². The summed E-state index contributed by atoms with van der Waals surface area (Å²) >= 11 is 0.832. The Balaban J connectivity index is 2.41.